The fraction of sp³-hybridized carbons (Fsp3) is 0.286. The van der Waals surface area contributed by atoms with E-state index in [0.717, 1.165) is 46.6 Å². The molecule has 2 aliphatic heterocycles. The van der Waals surface area contributed by atoms with Crippen LogP contribution in [0, 0.1) is 0 Å². The summed E-state index contributed by atoms with van der Waals surface area (Å²) in [5.74, 6) is 2.04. The largest absolute Gasteiger partial charge is 0.497 e. The third kappa shape index (κ3) is 5.81. The molecule has 9 heteroatoms. The highest BCUT2D eigenvalue weighted by Crippen LogP contribution is 2.30. The number of anilines is 3. The fourth-order valence-corrected chi connectivity index (χ4v) is 5.88. The summed E-state index contributed by atoms with van der Waals surface area (Å²) < 4.78 is 5.24. The van der Waals surface area contributed by atoms with Crippen molar-refractivity contribution in [3.8, 4) is 5.75 Å². The van der Waals surface area contributed by atoms with Crippen LogP contribution in [0.1, 0.15) is 15.9 Å². The summed E-state index contributed by atoms with van der Waals surface area (Å²) in [5, 5.41) is 7.03. The SMILES string of the molecule is COc1ccc(N2CCN(C(=O)c3ccc4c(c3)NC(=O)C(CSCc3ccccc3Cl)N4)CC2)cc1. The first-order chi connectivity index (χ1) is 18.0. The van der Waals surface area contributed by atoms with Gasteiger partial charge in [0.1, 0.15) is 11.8 Å². The smallest absolute Gasteiger partial charge is 0.254 e. The number of piperazine rings is 1. The minimum Gasteiger partial charge on any atom is -0.497 e. The number of ether oxygens (including phenoxy) is 1. The Labute approximate surface area is 226 Å². The van der Waals surface area contributed by atoms with Gasteiger partial charge in [-0.05, 0) is 54.1 Å². The van der Waals surface area contributed by atoms with E-state index in [0.29, 0.717) is 30.1 Å². The molecule has 0 spiro atoms. The van der Waals surface area contributed by atoms with Crippen LogP contribution in [0.5, 0.6) is 5.75 Å². The number of methoxy groups -OCH3 is 1. The zero-order valence-electron chi connectivity index (χ0n) is 20.6. The van der Waals surface area contributed by atoms with Crippen LogP contribution in [0.3, 0.4) is 0 Å². The van der Waals surface area contributed by atoms with Gasteiger partial charge in [0.15, 0.2) is 0 Å². The first-order valence-electron chi connectivity index (χ1n) is 12.2. The molecule has 0 saturated carbocycles. The van der Waals surface area contributed by atoms with Gasteiger partial charge in [0.2, 0.25) is 5.91 Å². The molecular formula is C28H29ClN4O3S. The summed E-state index contributed by atoms with van der Waals surface area (Å²) in [6, 6.07) is 20.8. The number of carbonyl (C=O) groups excluding carboxylic acids is 2. The molecule has 2 N–H and O–H groups in total. The number of carbonyl (C=O) groups is 2. The molecule has 0 bridgehead atoms. The Balaban J connectivity index is 1.16. The Morgan fingerprint density at radius 2 is 1.78 bits per heavy atom. The quantitative estimate of drug-likeness (QED) is 0.444. The van der Waals surface area contributed by atoms with Crippen LogP contribution in [0.25, 0.3) is 0 Å². The maximum Gasteiger partial charge on any atom is 0.254 e. The molecule has 3 aromatic carbocycles. The summed E-state index contributed by atoms with van der Waals surface area (Å²) in [7, 11) is 1.66. The van der Waals surface area contributed by atoms with Crippen LogP contribution in [-0.2, 0) is 10.5 Å². The van der Waals surface area contributed by atoms with Gasteiger partial charge in [0.25, 0.3) is 5.91 Å². The topological polar surface area (TPSA) is 73.9 Å². The molecular weight excluding hydrogens is 508 g/mol. The number of fused-ring (bicyclic) bond motifs is 1. The number of benzene rings is 3. The summed E-state index contributed by atoms with van der Waals surface area (Å²) in [5.41, 5.74) is 4.21. The van der Waals surface area contributed by atoms with Gasteiger partial charge in [0.05, 0.1) is 18.5 Å². The number of rotatable bonds is 7. The molecule has 0 aromatic heterocycles. The van der Waals surface area contributed by atoms with E-state index in [1.54, 1.807) is 24.9 Å². The first-order valence-corrected chi connectivity index (χ1v) is 13.8. The maximum absolute atomic E-state index is 13.2. The second-order valence-electron chi connectivity index (χ2n) is 9.03. The van der Waals surface area contributed by atoms with Crippen molar-refractivity contribution >= 4 is 52.2 Å². The molecule has 0 radical (unpaired) electrons. The molecule has 2 heterocycles. The molecule has 1 atom stereocenters. The summed E-state index contributed by atoms with van der Waals surface area (Å²) in [6.45, 7) is 2.79. The van der Waals surface area contributed by atoms with E-state index >= 15 is 0 Å². The van der Waals surface area contributed by atoms with Gasteiger partial charge in [0, 0.05) is 54.0 Å². The minimum atomic E-state index is -0.354. The van der Waals surface area contributed by atoms with Gasteiger partial charge in [-0.1, -0.05) is 29.8 Å². The van der Waals surface area contributed by atoms with Gasteiger partial charge in [-0.2, -0.15) is 11.8 Å². The monoisotopic (exact) mass is 536 g/mol. The molecule has 1 fully saturated rings. The van der Waals surface area contributed by atoms with Crippen LogP contribution in [0.15, 0.2) is 66.7 Å². The molecule has 2 amide bonds. The third-order valence-electron chi connectivity index (χ3n) is 6.67. The number of amides is 2. The Bertz CT molecular complexity index is 1280. The Morgan fingerprint density at radius 1 is 1.03 bits per heavy atom. The van der Waals surface area contributed by atoms with Crippen LogP contribution in [0.4, 0.5) is 17.1 Å². The zero-order valence-corrected chi connectivity index (χ0v) is 22.1. The Morgan fingerprint density at radius 3 is 2.51 bits per heavy atom. The highest BCUT2D eigenvalue weighted by Gasteiger charge is 2.28. The first kappa shape index (κ1) is 25.3. The maximum atomic E-state index is 13.2. The van der Waals surface area contributed by atoms with Gasteiger partial charge in [-0.15, -0.1) is 0 Å². The van der Waals surface area contributed by atoms with Crippen molar-refractivity contribution in [2.45, 2.75) is 11.8 Å². The number of hydrogen-bond donors (Lipinski definition) is 2. The minimum absolute atomic E-state index is 0.0242. The molecule has 192 valence electrons. The normalized spacial score (nSPS) is 17.0. The average Bonchev–Trinajstić information content (AvgIpc) is 2.94. The lowest BCUT2D eigenvalue weighted by atomic mass is 10.1. The van der Waals surface area contributed by atoms with E-state index in [1.807, 2.05) is 65.6 Å². The van der Waals surface area contributed by atoms with Gasteiger partial charge in [-0.25, -0.2) is 0 Å². The molecule has 7 nitrogen and oxygen atoms in total. The van der Waals surface area contributed by atoms with E-state index in [2.05, 4.69) is 15.5 Å². The van der Waals surface area contributed by atoms with E-state index in [1.165, 1.54) is 0 Å². The van der Waals surface area contributed by atoms with Crippen molar-refractivity contribution in [1.29, 1.82) is 0 Å². The van der Waals surface area contributed by atoms with E-state index in [4.69, 9.17) is 16.3 Å². The predicted molar refractivity (Wildman–Crippen MR) is 151 cm³/mol. The van der Waals surface area contributed by atoms with E-state index < -0.39 is 0 Å². The number of nitrogens with one attached hydrogen (secondary N) is 2. The van der Waals surface area contributed by atoms with E-state index in [9.17, 15) is 9.59 Å². The lowest BCUT2D eigenvalue weighted by Crippen LogP contribution is -2.48. The molecule has 5 rings (SSSR count). The van der Waals surface area contributed by atoms with Crippen molar-refractivity contribution in [3.05, 3.63) is 82.9 Å². The van der Waals surface area contributed by atoms with Crippen molar-refractivity contribution in [3.63, 3.8) is 0 Å². The molecule has 1 saturated heterocycles. The standard InChI is InChI=1S/C28H29ClN4O3S/c1-36-22-9-7-21(8-10-22)32-12-14-33(15-13-32)28(35)19-6-11-24-25(16-19)31-27(34)26(30-24)18-37-17-20-4-2-3-5-23(20)29/h2-11,16,26,30H,12-15,17-18H2,1H3,(H,31,34). The number of hydrogen-bond acceptors (Lipinski definition) is 6. The molecule has 37 heavy (non-hydrogen) atoms. The molecule has 3 aromatic rings. The van der Waals surface area contributed by atoms with Crippen molar-refractivity contribution < 1.29 is 14.3 Å². The summed E-state index contributed by atoms with van der Waals surface area (Å²) in [6.07, 6.45) is 0. The third-order valence-corrected chi connectivity index (χ3v) is 8.13. The number of thioether (sulfide) groups is 1. The summed E-state index contributed by atoms with van der Waals surface area (Å²) in [4.78, 5) is 30.1. The summed E-state index contributed by atoms with van der Waals surface area (Å²) >= 11 is 7.89. The molecule has 1 unspecified atom stereocenters. The second-order valence-corrected chi connectivity index (χ2v) is 10.5. The van der Waals surface area contributed by atoms with Crippen molar-refractivity contribution in [2.24, 2.45) is 0 Å². The van der Waals surface area contributed by atoms with Crippen LogP contribution in [-0.4, -0.2) is 61.8 Å². The van der Waals surface area contributed by atoms with Crippen LogP contribution >= 0.6 is 23.4 Å². The highest BCUT2D eigenvalue weighted by molar-refractivity contribution is 7.98. The van der Waals surface area contributed by atoms with Crippen LogP contribution < -0.4 is 20.3 Å². The van der Waals surface area contributed by atoms with Gasteiger partial charge >= 0.3 is 0 Å². The number of nitrogens with zero attached hydrogens (tertiary/aromatic N) is 2. The molecule has 0 aliphatic carbocycles. The fourth-order valence-electron chi connectivity index (χ4n) is 4.54. The number of halogens is 1. The Kier molecular flexibility index (Phi) is 7.76. The lowest BCUT2D eigenvalue weighted by molar-refractivity contribution is -0.116. The van der Waals surface area contributed by atoms with Gasteiger partial charge < -0.3 is 25.2 Å². The average molecular weight is 537 g/mol. The van der Waals surface area contributed by atoms with Crippen molar-refractivity contribution in [1.82, 2.24) is 4.90 Å². The zero-order chi connectivity index (χ0) is 25.8. The highest BCUT2D eigenvalue weighted by atomic mass is 35.5. The second kappa shape index (κ2) is 11.4. The van der Waals surface area contributed by atoms with Gasteiger partial charge in [-0.3, -0.25) is 9.59 Å². The van der Waals surface area contributed by atoms with E-state index in [-0.39, 0.29) is 17.9 Å². The Hall–Kier alpha value is -3.36. The van der Waals surface area contributed by atoms with Crippen LogP contribution in [0.2, 0.25) is 5.02 Å². The lowest BCUT2D eigenvalue weighted by Gasteiger charge is -2.36. The molecule has 2 aliphatic rings. The van der Waals surface area contributed by atoms with Crippen molar-refractivity contribution in [2.75, 3.05) is 54.6 Å². The predicted octanol–water partition coefficient (Wildman–Crippen LogP) is 4.98.